The van der Waals surface area contributed by atoms with Gasteiger partial charge in [0.1, 0.15) is 6.54 Å². The van der Waals surface area contributed by atoms with Crippen molar-refractivity contribution < 1.29 is 23.9 Å². The molecule has 0 spiro atoms. The molecule has 0 saturated heterocycles. The Bertz CT molecular complexity index is 1550. The van der Waals surface area contributed by atoms with Gasteiger partial charge < -0.3 is 9.47 Å². The highest BCUT2D eigenvalue weighted by Gasteiger charge is 2.44. The molecule has 1 amide bonds. The van der Waals surface area contributed by atoms with Crippen LogP contribution in [0.4, 0.5) is 0 Å². The van der Waals surface area contributed by atoms with Crippen LogP contribution in [0.25, 0.3) is 6.08 Å². The minimum absolute atomic E-state index is 0.0576. The fraction of sp³-hybridized carbons (Fsp3) is 0.333. The number of fused-ring (bicyclic) bond motifs is 1. The first-order chi connectivity index (χ1) is 20.3. The molecule has 2 atom stereocenters. The predicted octanol–water partition coefficient (Wildman–Crippen LogP) is 5.76. The van der Waals surface area contributed by atoms with Crippen molar-refractivity contribution >= 4 is 52.8 Å². The van der Waals surface area contributed by atoms with Crippen molar-refractivity contribution in [3.63, 3.8) is 0 Å². The predicted molar refractivity (Wildman–Crippen MR) is 157 cm³/mol. The lowest BCUT2D eigenvalue weighted by atomic mass is 9.77. The van der Waals surface area contributed by atoms with Gasteiger partial charge >= 0.3 is 11.9 Å². The average molecular weight is 610 g/mol. The van der Waals surface area contributed by atoms with Gasteiger partial charge in [-0.3, -0.25) is 4.79 Å². The maximum atomic E-state index is 14.0. The molecule has 218 valence electrons. The van der Waals surface area contributed by atoms with Gasteiger partial charge in [0, 0.05) is 16.0 Å². The van der Waals surface area contributed by atoms with Crippen LogP contribution in [0.1, 0.15) is 71.3 Å². The number of esters is 2. The molecule has 2 heterocycles. The molecule has 0 N–H and O–H groups in total. The number of allylic oxidation sites excluding steroid dienone is 1. The monoisotopic (exact) mass is 609 g/mol. The minimum atomic E-state index is -0.831. The van der Waals surface area contributed by atoms with Crippen LogP contribution >= 0.6 is 23.2 Å². The Morgan fingerprint density at radius 1 is 0.952 bits per heavy atom. The lowest BCUT2D eigenvalue weighted by Crippen LogP contribution is -2.34. The Hall–Kier alpha value is -4.02. The molecule has 0 unspecified atom stereocenters. The van der Waals surface area contributed by atoms with E-state index >= 15 is 0 Å². The topological polar surface area (TPSA) is 116 Å². The van der Waals surface area contributed by atoms with Crippen molar-refractivity contribution in [2.75, 3.05) is 13.2 Å². The molecule has 1 aliphatic heterocycles. The van der Waals surface area contributed by atoms with E-state index in [-0.39, 0.29) is 30.5 Å². The number of rotatable bonds is 8. The van der Waals surface area contributed by atoms with Crippen molar-refractivity contribution in [2.45, 2.75) is 45.7 Å². The Labute approximate surface area is 252 Å². The van der Waals surface area contributed by atoms with E-state index in [4.69, 9.17) is 37.8 Å². The number of hydrogen-bond donors (Lipinski definition) is 0. The van der Waals surface area contributed by atoms with Crippen molar-refractivity contribution in [1.82, 2.24) is 20.0 Å². The summed E-state index contributed by atoms with van der Waals surface area (Å²) >= 11 is 12.3. The molecule has 2 aliphatic rings. The average Bonchev–Trinajstić information content (AvgIpc) is 3.58. The lowest BCUT2D eigenvalue weighted by Gasteiger charge is -2.29. The quantitative estimate of drug-likeness (QED) is 0.298. The van der Waals surface area contributed by atoms with E-state index in [1.165, 1.54) is 5.01 Å². The third kappa shape index (κ3) is 6.10. The summed E-state index contributed by atoms with van der Waals surface area (Å²) in [6.07, 6.45) is 4.65. The second-order valence-corrected chi connectivity index (χ2v) is 10.7. The molecule has 1 saturated carbocycles. The second-order valence-electron chi connectivity index (χ2n) is 9.83. The number of hydrogen-bond acceptors (Lipinski definition) is 8. The maximum Gasteiger partial charge on any atom is 0.361 e. The van der Waals surface area contributed by atoms with Crippen LogP contribution in [0.5, 0.6) is 0 Å². The van der Waals surface area contributed by atoms with Gasteiger partial charge in [-0.15, -0.1) is 5.10 Å². The summed E-state index contributed by atoms with van der Waals surface area (Å²) < 4.78 is 11.2. The smallest absolute Gasteiger partial charge is 0.361 e. The maximum absolute atomic E-state index is 14.0. The number of halogens is 2. The Morgan fingerprint density at radius 2 is 1.60 bits per heavy atom. The van der Waals surface area contributed by atoms with E-state index < -0.39 is 30.4 Å². The molecular formula is C30H29Cl2N5O5. The first kappa shape index (κ1) is 29.5. The van der Waals surface area contributed by atoms with E-state index in [2.05, 4.69) is 16.4 Å². The SMILES string of the molecule is CCOC(=O)c1nnn(CC(=O)N2N=C3/C(=C\c4ccc(Cl)cc4)CCC[C@@H]3[C@@H]2c2ccc(Cl)cc2)c1C(=O)OCC. The fourth-order valence-corrected chi connectivity index (χ4v) is 5.58. The summed E-state index contributed by atoms with van der Waals surface area (Å²) in [5, 5.41) is 15.3. The summed E-state index contributed by atoms with van der Waals surface area (Å²) in [6, 6.07) is 14.5. The summed E-state index contributed by atoms with van der Waals surface area (Å²) in [5.41, 5.74) is 3.17. The third-order valence-corrected chi connectivity index (χ3v) is 7.64. The van der Waals surface area contributed by atoms with E-state index in [1.807, 2.05) is 36.4 Å². The van der Waals surface area contributed by atoms with Crippen molar-refractivity contribution in [2.24, 2.45) is 11.0 Å². The number of benzene rings is 2. The van der Waals surface area contributed by atoms with Gasteiger partial charge in [-0.25, -0.2) is 19.3 Å². The van der Waals surface area contributed by atoms with Crippen LogP contribution in [-0.2, 0) is 20.8 Å². The van der Waals surface area contributed by atoms with Crippen LogP contribution in [0.3, 0.4) is 0 Å². The number of hydrazone groups is 1. The summed E-state index contributed by atoms with van der Waals surface area (Å²) in [5.74, 6) is -2.16. The largest absolute Gasteiger partial charge is 0.461 e. The first-order valence-electron chi connectivity index (χ1n) is 13.7. The molecule has 0 radical (unpaired) electrons. The molecule has 1 aliphatic carbocycles. The van der Waals surface area contributed by atoms with Crippen molar-refractivity contribution in [1.29, 1.82) is 0 Å². The zero-order valence-electron chi connectivity index (χ0n) is 23.1. The van der Waals surface area contributed by atoms with E-state index in [0.29, 0.717) is 10.0 Å². The van der Waals surface area contributed by atoms with E-state index in [9.17, 15) is 14.4 Å². The van der Waals surface area contributed by atoms with Gasteiger partial charge in [0.2, 0.25) is 5.69 Å². The zero-order valence-corrected chi connectivity index (χ0v) is 24.6. The molecule has 2 aromatic carbocycles. The molecular weight excluding hydrogens is 581 g/mol. The van der Waals surface area contributed by atoms with Gasteiger partial charge in [0.05, 0.1) is 25.0 Å². The highest BCUT2D eigenvalue weighted by atomic mass is 35.5. The van der Waals surface area contributed by atoms with Crippen LogP contribution in [0, 0.1) is 5.92 Å². The van der Waals surface area contributed by atoms with Gasteiger partial charge in [-0.1, -0.05) is 52.7 Å². The molecule has 42 heavy (non-hydrogen) atoms. The molecule has 3 aromatic rings. The van der Waals surface area contributed by atoms with Gasteiger partial charge in [0.15, 0.2) is 5.69 Å². The van der Waals surface area contributed by atoms with Gasteiger partial charge in [0.25, 0.3) is 5.91 Å². The number of nitrogens with zero attached hydrogens (tertiary/aromatic N) is 5. The number of carbonyl (C=O) groups is 3. The molecule has 0 bridgehead atoms. The Morgan fingerprint density at radius 3 is 2.26 bits per heavy atom. The standard InChI is InChI=1S/C30H29Cl2N5O5/c1-3-41-29(39)26-28(30(40)42-4-2)36(35-33-26)17-24(38)37-27(19-10-14-22(32)15-11-19)23-7-5-6-20(25(23)34-37)16-18-8-12-21(31)13-9-18/h8-16,23,27H,3-7,17H2,1-2H3/b20-16-/t23-,27-/m0/s1. The van der Waals surface area contributed by atoms with E-state index in [1.54, 1.807) is 26.0 Å². The van der Waals surface area contributed by atoms with E-state index in [0.717, 1.165) is 46.4 Å². The summed E-state index contributed by atoms with van der Waals surface area (Å²) in [7, 11) is 0. The van der Waals surface area contributed by atoms with Crippen LogP contribution in [-0.4, -0.2) is 56.8 Å². The third-order valence-electron chi connectivity index (χ3n) is 7.14. The first-order valence-corrected chi connectivity index (χ1v) is 14.5. The Kier molecular flexibility index (Phi) is 9.03. The highest BCUT2D eigenvalue weighted by Crippen LogP contribution is 2.44. The molecule has 10 nitrogen and oxygen atoms in total. The molecule has 1 aromatic heterocycles. The lowest BCUT2D eigenvalue weighted by molar-refractivity contribution is -0.134. The van der Waals surface area contributed by atoms with Crippen LogP contribution in [0.15, 0.2) is 59.2 Å². The van der Waals surface area contributed by atoms with Crippen molar-refractivity contribution in [3.05, 3.63) is 86.7 Å². The van der Waals surface area contributed by atoms with Crippen LogP contribution in [0.2, 0.25) is 10.0 Å². The minimum Gasteiger partial charge on any atom is -0.461 e. The molecule has 1 fully saturated rings. The zero-order chi connectivity index (χ0) is 29.8. The number of aromatic nitrogens is 3. The molecule has 12 heteroatoms. The van der Waals surface area contributed by atoms with Crippen LogP contribution < -0.4 is 0 Å². The number of carbonyl (C=O) groups excluding carboxylic acids is 3. The number of ether oxygens (including phenoxy) is 2. The second kappa shape index (κ2) is 12.9. The number of amides is 1. The normalized spacial score (nSPS) is 18.9. The van der Waals surface area contributed by atoms with Gasteiger partial charge in [-0.2, -0.15) is 5.10 Å². The van der Waals surface area contributed by atoms with Gasteiger partial charge in [-0.05, 0) is 80.2 Å². The van der Waals surface area contributed by atoms with Crippen molar-refractivity contribution in [3.8, 4) is 0 Å². The highest BCUT2D eigenvalue weighted by molar-refractivity contribution is 6.30. The summed E-state index contributed by atoms with van der Waals surface area (Å²) in [4.78, 5) is 39.2. The Balaban J connectivity index is 1.52. The fourth-order valence-electron chi connectivity index (χ4n) is 5.32. The summed E-state index contributed by atoms with van der Waals surface area (Å²) in [6.45, 7) is 3.01. The molecule has 5 rings (SSSR count).